The van der Waals surface area contributed by atoms with Gasteiger partial charge in [-0.25, -0.2) is 17.9 Å². The molecule has 0 saturated heterocycles. The molecule has 0 heterocycles. The van der Waals surface area contributed by atoms with Crippen LogP contribution in [0.5, 0.6) is 5.75 Å². The molecule has 4 rings (SSSR count). The second-order valence-electron chi connectivity index (χ2n) is 7.72. The molecular weight excluding hydrogens is 485 g/mol. The normalized spacial score (nSPS) is 15.6. The van der Waals surface area contributed by atoms with Crippen molar-refractivity contribution in [3.05, 3.63) is 81.8 Å². The summed E-state index contributed by atoms with van der Waals surface area (Å²) in [5.74, 6) is -0.593. The van der Waals surface area contributed by atoms with Crippen molar-refractivity contribution in [2.75, 3.05) is 6.61 Å². The summed E-state index contributed by atoms with van der Waals surface area (Å²) in [4.78, 5) is 11.0. The van der Waals surface area contributed by atoms with Crippen molar-refractivity contribution < 1.29 is 23.1 Å². The number of carboxylic acids is 1. The summed E-state index contributed by atoms with van der Waals surface area (Å²) in [5.41, 5.74) is 3.11. The van der Waals surface area contributed by atoms with Crippen LogP contribution in [0, 0.1) is 0 Å². The number of rotatable bonds is 7. The van der Waals surface area contributed by atoms with Gasteiger partial charge >= 0.3 is 5.97 Å². The zero-order valence-electron chi connectivity index (χ0n) is 17.4. The molecule has 0 fully saturated rings. The minimum absolute atomic E-state index is 0.134. The van der Waals surface area contributed by atoms with Crippen molar-refractivity contribution in [1.82, 2.24) is 4.72 Å². The number of aliphatic carboxylic acids is 1. The predicted molar refractivity (Wildman–Crippen MR) is 127 cm³/mol. The zero-order valence-corrected chi connectivity index (χ0v) is 19.8. The van der Waals surface area contributed by atoms with Crippen LogP contribution in [0.15, 0.2) is 65.6 Å². The van der Waals surface area contributed by atoms with Crippen LogP contribution in [0.3, 0.4) is 0 Å². The molecule has 0 aliphatic heterocycles. The molecule has 0 spiro atoms. The highest BCUT2D eigenvalue weighted by molar-refractivity contribution is 7.89. The summed E-state index contributed by atoms with van der Waals surface area (Å²) < 4.78 is 34.4. The van der Waals surface area contributed by atoms with E-state index < -0.39 is 28.6 Å². The molecule has 0 bridgehead atoms. The summed E-state index contributed by atoms with van der Waals surface area (Å²) in [7, 11) is -3.80. The van der Waals surface area contributed by atoms with Gasteiger partial charge in [-0.05, 0) is 72.4 Å². The maximum absolute atomic E-state index is 13.1. The van der Waals surface area contributed by atoms with E-state index in [9.17, 15) is 13.2 Å². The number of hydrogen-bond acceptors (Lipinski definition) is 4. The lowest BCUT2D eigenvalue weighted by atomic mass is 9.87. The first-order valence-electron chi connectivity index (χ1n) is 10.3. The number of fused-ring (bicyclic) bond motifs is 1. The number of hydrogen-bond donors (Lipinski definition) is 2. The number of carbonyl (C=O) groups is 1. The van der Waals surface area contributed by atoms with E-state index >= 15 is 0 Å². The Kier molecular flexibility index (Phi) is 6.95. The van der Waals surface area contributed by atoms with E-state index in [0.29, 0.717) is 28.6 Å². The van der Waals surface area contributed by atoms with E-state index in [0.717, 1.165) is 28.7 Å². The SMILES string of the molecule is O=C(O)COc1cccc2c1CCCC2NS(=O)(=O)c1ccc(-c2cc(Cl)ccc2Cl)cc1. The van der Waals surface area contributed by atoms with E-state index in [1.165, 1.54) is 12.1 Å². The summed E-state index contributed by atoms with van der Waals surface area (Å²) in [6.07, 6.45) is 2.07. The lowest BCUT2D eigenvalue weighted by Gasteiger charge is -2.27. The number of benzene rings is 3. The quantitative estimate of drug-likeness (QED) is 0.443. The highest BCUT2D eigenvalue weighted by atomic mass is 35.5. The van der Waals surface area contributed by atoms with E-state index in [2.05, 4.69) is 4.72 Å². The lowest BCUT2D eigenvalue weighted by Crippen LogP contribution is -2.31. The van der Waals surface area contributed by atoms with Gasteiger partial charge in [0.05, 0.1) is 4.90 Å². The Morgan fingerprint density at radius 2 is 1.85 bits per heavy atom. The molecule has 3 aromatic rings. The molecule has 1 unspecified atom stereocenters. The molecular formula is C24H21Cl2NO5S. The first kappa shape index (κ1) is 23.6. The average molecular weight is 506 g/mol. The van der Waals surface area contributed by atoms with Crippen LogP contribution >= 0.6 is 23.2 Å². The third-order valence-electron chi connectivity index (χ3n) is 5.52. The van der Waals surface area contributed by atoms with E-state index in [4.69, 9.17) is 33.0 Å². The Morgan fingerprint density at radius 1 is 1.09 bits per heavy atom. The minimum Gasteiger partial charge on any atom is -0.482 e. The van der Waals surface area contributed by atoms with Gasteiger partial charge in [-0.15, -0.1) is 0 Å². The van der Waals surface area contributed by atoms with Gasteiger partial charge in [0.15, 0.2) is 6.61 Å². The van der Waals surface area contributed by atoms with Gasteiger partial charge in [-0.1, -0.05) is 47.5 Å². The van der Waals surface area contributed by atoms with Gasteiger partial charge in [0.1, 0.15) is 5.75 Å². The first-order chi connectivity index (χ1) is 15.7. The highest BCUT2D eigenvalue weighted by Gasteiger charge is 2.27. The molecule has 0 amide bonds. The smallest absolute Gasteiger partial charge is 0.341 e. The highest BCUT2D eigenvalue weighted by Crippen LogP contribution is 2.36. The van der Waals surface area contributed by atoms with Crippen LogP contribution in [-0.2, 0) is 21.2 Å². The predicted octanol–water partition coefficient (Wildman–Crippen LogP) is 5.48. The maximum Gasteiger partial charge on any atom is 0.341 e. The van der Waals surface area contributed by atoms with Crippen molar-refractivity contribution >= 4 is 39.2 Å². The third kappa shape index (κ3) is 5.33. The summed E-state index contributed by atoms with van der Waals surface area (Å²) in [6, 6.07) is 16.4. The fourth-order valence-corrected chi connectivity index (χ4v) is 5.65. The number of nitrogens with one attached hydrogen (secondary N) is 1. The zero-order chi connectivity index (χ0) is 23.6. The van der Waals surface area contributed by atoms with E-state index in [1.807, 2.05) is 6.07 Å². The Labute approximate surface area is 202 Å². The van der Waals surface area contributed by atoms with Crippen LogP contribution in [0.4, 0.5) is 0 Å². The van der Waals surface area contributed by atoms with Gasteiger partial charge in [0.25, 0.3) is 0 Å². The molecule has 172 valence electrons. The largest absolute Gasteiger partial charge is 0.482 e. The molecule has 0 radical (unpaired) electrons. The van der Waals surface area contributed by atoms with Crippen molar-refractivity contribution in [3.63, 3.8) is 0 Å². The van der Waals surface area contributed by atoms with Crippen LogP contribution in [0.25, 0.3) is 11.1 Å². The molecule has 0 saturated carbocycles. The van der Waals surface area contributed by atoms with E-state index in [-0.39, 0.29) is 4.90 Å². The average Bonchev–Trinajstić information content (AvgIpc) is 2.79. The summed E-state index contributed by atoms with van der Waals surface area (Å²) in [6.45, 7) is -0.449. The molecule has 3 aromatic carbocycles. The van der Waals surface area contributed by atoms with Crippen LogP contribution in [-0.4, -0.2) is 26.1 Å². The minimum atomic E-state index is -3.80. The standard InChI is InChI=1S/C24H21Cl2NO5S/c25-16-9-12-21(26)20(13-16)15-7-10-17(11-8-15)33(30,31)27-22-5-1-4-19-18(22)3-2-6-23(19)32-14-24(28)29/h2-3,6-13,22,27H,1,4-5,14H2,(H,28,29). The number of sulfonamides is 1. The molecule has 9 heteroatoms. The van der Waals surface area contributed by atoms with Gasteiger partial charge in [0.2, 0.25) is 10.0 Å². The molecule has 0 aromatic heterocycles. The van der Waals surface area contributed by atoms with E-state index in [1.54, 1.807) is 42.5 Å². The van der Waals surface area contributed by atoms with Gasteiger partial charge < -0.3 is 9.84 Å². The fraction of sp³-hybridized carbons (Fsp3) is 0.208. The molecule has 1 aliphatic rings. The van der Waals surface area contributed by atoms with Crippen molar-refractivity contribution in [3.8, 4) is 16.9 Å². The summed E-state index contributed by atoms with van der Waals surface area (Å²) >= 11 is 12.3. The molecule has 1 aliphatic carbocycles. The maximum atomic E-state index is 13.1. The van der Waals surface area contributed by atoms with Gasteiger partial charge in [-0.3, -0.25) is 0 Å². The van der Waals surface area contributed by atoms with Crippen LogP contribution in [0.2, 0.25) is 10.0 Å². The number of carboxylic acid groups (broad SMARTS) is 1. The summed E-state index contributed by atoms with van der Waals surface area (Å²) in [5, 5.41) is 9.96. The van der Waals surface area contributed by atoms with Crippen molar-refractivity contribution in [1.29, 1.82) is 0 Å². The van der Waals surface area contributed by atoms with Crippen molar-refractivity contribution in [2.24, 2.45) is 0 Å². The molecule has 2 N–H and O–H groups in total. The topological polar surface area (TPSA) is 92.7 Å². The van der Waals surface area contributed by atoms with Crippen molar-refractivity contribution in [2.45, 2.75) is 30.2 Å². The fourth-order valence-electron chi connectivity index (χ4n) is 4.00. The van der Waals surface area contributed by atoms with Crippen LogP contribution < -0.4 is 9.46 Å². The lowest BCUT2D eigenvalue weighted by molar-refractivity contribution is -0.139. The first-order valence-corrected chi connectivity index (χ1v) is 12.5. The third-order valence-corrected chi connectivity index (χ3v) is 7.57. The van der Waals surface area contributed by atoms with Gasteiger partial charge in [0, 0.05) is 21.7 Å². The Morgan fingerprint density at radius 3 is 2.58 bits per heavy atom. The van der Waals surface area contributed by atoms with Crippen LogP contribution in [0.1, 0.15) is 30.0 Å². The number of ether oxygens (including phenoxy) is 1. The second kappa shape index (κ2) is 9.73. The number of halogens is 2. The molecule has 33 heavy (non-hydrogen) atoms. The Balaban J connectivity index is 1.57. The second-order valence-corrected chi connectivity index (χ2v) is 10.3. The Bertz CT molecular complexity index is 1290. The monoisotopic (exact) mass is 505 g/mol. The Hall–Kier alpha value is -2.58. The molecule has 1 atom stereocenters. The van der Waals surface area contributed by atoms with Gasteiger partial charge in [-0.2, -0.15) is 0 Å². The molecule has 6 nitrogen and oxygen atoms in total.